The summed E-state index contributed by atoms with van der Waals surface area (Å²) in [6, 6.07) is 4.50. The van der Waals surface area contributed by atoms with Crippen molar-refractivity contribution in [2.45, 2.75) is 116 Å². The van der Waals surface area contributed by atoms with Crippen molar-refractivity contribution in [2.75, 3.05) is 0 Å². The Labute approximate surface area is 179 Å². The summed E-state index contributed by atoms with van der Waals surface area (Å²) in [6.07, 6.45) is 19.5. The van der Waals surface area contributed by atoms with Crippen molar-refractivity contribution >= 4 is 0 Å². The van der Waals surface area contributed by atoms with E-state index in [1.165, 1.54) is 89.0 Å². The zero-order chi connectivity index (χ0) is 20.2. The Hall–Kier alpha value is -0.850. The van der Waals surface area contributed by atoms with Crippen LogP contribution in [0.2, 0.25) is 0 Å². The third-order valence-corrected chi connectivity index (χ3v) is 8.76. The summed E-state index contributed by atoms with van der Waals surface area (Å²) in [7, 11) is 0. The molecule has 0 N–H and O–H groups in total. The van der Waals surface area contributed by atoms with Gasteiger partial charge in [0.15, 0.2) is 0 Å². The van der Waals surface area contributed by atoms with Gasteiger partial charge in [-0.25, -0.2) is 4.39 Å². The van der Waals surface area contributed by atoms with E-state index in [0.29, 0.717) is 5.92 Å². The smallest absolute Gasteiger partial charge is 0.130 e. The van der Waals surface area contributed by atoms with E-state index < -0.39 is 0 Å². The van der Waals surface area contributed by atoms with Crippen LogP contribution in [0.25, 0.3) is 0 Å². The SMILES string of the molecule is CCCCCC1CCc2c(ccc(C3CCC4CC(CCC)CCC4C3)c2F)C1. The van der Waals surface area contributed by atoms with E-state index in [9.17, 15) is 0 Å². The molecule has 3 aliphatic rings. The standard InChI is InChI=1S/C28H43F/c1-3-5-6-8-21-10-15-26-24(18-21)14-16-27(28(26)29)25-13-12-22-17-20(7-4-2)9-11-23(22)19-25/h14,16,20-23,25H,3-13,15,17-19H2,1-2H3. The van der Waals surface area contributed by atoms with Gasteiger partial charge in [0, 0.05) is 0 Å². The minimum atomic E-state index is 0.192. The van der Waals surface area contributed by atoms with Gasteiger partial charge in [-0.1, -0.05) is 70.9 Å². The Kier molecular flexibility index (Phi) is 7.35. The molecule has 3 aliphatic carbocycles. The molecule has 0 heterocycles. The fourth-order valence-corrected chi connectivity index (χ4v) is 7.09. The van der Waals surface area contributed by atoms with Gasteiger partial charge in [-0.2, -0.15) is 0 Å². The van der Waals surface area contributed by atoms with Crippen LogP contribution in [0.3, 0.4) is 0 Å². The highest BCUT2D eigenvalue weighted by molar-refractivity contribution is 5.38. The predicted molar refractivity (Wildman–Crippen MR) is 122 cm³/mol. The first-order valence-electron chi connectivity index (χ1n) is 13.0. The maximum Gasteiger partial charge on any atom is 0.130 e. The largest absolute Gasteiger partial charge is 0.206 e. The van der Waals surface area contributed by atoms with Gasteiger partial charge in [0.2, 0.25) is 0 Å². The molecule has 4 rings (SSSR count). The summed E-state index contributed by atoms with van der Waals surface area (Å²) >= 11 is 0. The van der Waals surface area contributed by atoms with Crippen LogP contribution in [0.4, 0.5) is 4.39 Å². The molecule has 5 unspecified atom stereocenters. The lowest BCUT2D eigenvalue weighted by Gasteiger charge is -2.42. The molecule has 29 heavy (non-hydrogen) atoms. The molecule has 5 atom stereocenters. The minimum Gasteiger partial charge on any atom is -0.206 e. The first kappa shape index (κ1) is 21.4. The van der Waals surface area contributed by atoms with Gasteiger partial charge in [0.05, 0.1) is 0 Å². The van der Waals surface area contributed by atoms with Crippen LogP contribution in [0.1, 0.15) is 120 Å². The number of halogens is 1. The van der Waals surface area contributed by atoms with Crippen molar-refractivity contribution in [3.8, 4) is 0 Å². The molecule has 162 valence electrons. The van der Waals surface area contributed by atoms with Crippen LogP contribution in [-0.4, -0.2) is 0 Å². The quantitative estimate of drug-likeness (QED) is 0.403. The van der Waals surface area contributed by atoms with Crippen LogP contribution in [-0.2, 0) is 12.8 Å². The van der Waals surface area contributed by atoms with E-state index in [0.717, 1.165) is 47.6 Å². The van der Waals surface area contributed by atoms with Gasteiger partial charge in [0.25, 0.3) is 0 Å². The van der Waals surface area contributed by atoms with Gasteiger partial charge in [-0.3, -0.25) is 0 Å². The van der Waals surface area contributed by atoms with Gasteiger partial charge < -0.3 is 0 Å². The normalized spacial score (nSPS) is 31.9. The Bertz CT molecular complexity index is 663. The lowest BCUT2D eigenvalue weighted by atomic mass is 9.63. The highest BCUT2D eigenvalue weighted by Crippen LogP contribution is 2.49. The molecule has 0 saturated heterocycles. The number of fused-ring (bicyclic) bond motifs is 2. The second kappa shape index (κ2) is 9.97. The topological polar surface area (TPSA) is 0 Å². The molecule has 1 aromatic rings. The molecule has 0 nitrogen and oxygen atoms in total. The lowest BCUT2D eigenvalue weighted by molar-refractivity contribution is 0.113. The number of benzene rings is 1. The lowest BCUT2D eigenvalue weighted by Crippen LogP contribution is -2.31. The van der Waals surface area contributed by atoms with Crippen molar-refractivity contribution in [3.63, 3.8) is 0 Å². The average molecular weight is 399 g/mol. The fraction of sp³-hybridized carbons (Fsp3) is 0.786. The zero-order valence-corrected chi connectivity index (χ0v) is 19.0. The monoisotopic (exact) mass is 398 g/mol. The van der Waals surface area contributed by atoms with Crippen molar-refractivity contribution in [2.24, 2.45) is 23.7 Å². The highest BCUT2D eigenvalue weighted by atomic mass is 19.1. The molecule has 2 saturated carbocycles. The van der Waals surface area contributed by atoms with Crippen molar-refractivity contribution in [3.05, 3.63) is 34.6 Å². The maximum absolute atomic E-state index is 15.6. The Morgan fingerprint density at radius 3 is 2.48 bits per heavy atom. The summed E-state index contributed by atoms with van der Waals surface area (Å²) in [5.74, 6) is 4.22. The van der Waals surface area contributed by atoms with Crippen LogP contribution in [0, 0.1) is 29.5 Å². The van der Waals surface area contributed by atoms with E-state index in [1.54, 1.807) is 0 Å². The molecule has 0 amide bonds. The predicted octanol–water partition coefficient (Wildman–Crippen LogP) is 8.61. The number of hydrogen-bond donors (Lipinski definition) is 0. The highest BCUT2D eigenvalue weighted by Gasteiger charge is 2.37. The Morgan fingerprint density at radius 1 is 0.828 bits per heavy atom. The average Bonchev–Trinajstić information content (AvgIpc) is 2.74. The Balaban J connectivity index is 1.39. The fourth-order valence-electron chi connectivity index (χ4n) is 7.09. The summed E-state index contributed by atoms with van der Waals surface area (Å²) in [5, 5.41) is 0. The van der Waals surface area contributed by atoms with Gasteiger partial charge in [-0.15, -0.1) is 0 Å². The van der Waals surface area contributed by atoms with Crippen LogP contribution < -0.4 is 0 Å². The van der Waals surface area contributed by atoms with Gasteiger partial charge in [-0.05, 0) is 97.6 Å². The summed E-state index contributed by atoms with van der Waals surface area (Å²) in [6.45, 7) is 4.60. The molecule has 0 aliphatic heterocycles. The molecule has 0 bridgehead atoms. The number of rotatable bonds is 7. The maximum atomic E-state index is 15.6. The Morgan fingerprint density at radius 2 is 1.66 bits per heavy atom. The third kappa shape index (κ3) is 4.91. The van der Waals surface area contributed by atoms with Gasteiger partial charge in [0.1, 0.15) is 5.82 Å². The van der Waals surface area contributed by atoms with E-state index in [2.05, 4.69) is 26.0 Å². The van der Waals surface area contributed by atoms with Crippen molar-refractivity contribution in [1.29, 1.82) is 0 Å². The molecule has 0 radical (unpaired) electrons. The molecular formula is C28H43F. The first-order valence-corrected chi connectivity index (χ1v) is 13.0. The molecule has 1 heteroatoms. The summed E-state index contributed by atoms with van der Waals surface area (Å²) in [4.78, 5) is 0. The molecular weight excluding hydrogens is 355 g/mol. The van der Waals surface area contributed by atoms with Gasteiger partial charge >= 0.3 is 0 Å². The van der Waals surface area contributed by atoms with Crippen LogP contribution in [0.15, 0.2) is 12.1 Å². The summed E-state index contributed by atoms with van der Waals surface area (Å²) < 4.78 is 15.6. The summed E-state index contributed by atoms with van der Waals surface area (Å²) in [5.41, 5.74) is 3.48. The molecule has 0 aromatic heterocycles. The van der Waals surface area contributed by atoms with E-state index in [4.69, 9.17) is 0 Å². The second-order valence-corrected chi connectivity index (χ2v) is 10.7. The van der Waals surface area contributed by atoms with E-state index >= 15 is 4.39 Å². The van der Waals surface area contributed by atoms with Crippen molar-refractivity contribution in [1.82, 2.24) is 0 Å². The third-order valence-electron chi connectivity index (χ3n) is 8.76. The van der Waals surface area contributed by atoms with E-state index in [-0.39, 0.29) is 5.82 Å². The minimum absolute atomic E-state index is 0.192. The van der Waals surface area contributed by atoms with Crippen LogP contribution >= 0.6 is 0 Å². The second-order valence-electron chi connectivity index (χ2n) is 10.7. The number of unbranched alkanes of at least 4 members (excludes halogenated alkanes) is 2. The first-order chi connectivity index (χ1) is 14.2. The molecule has 2 fully saturated rings. The van der Waals surface area contributed by atoms with E-state index in [1.807, 2.05) is 0 Å². The number of hydrogen-bond acceptors (Lipinski definition) is 0. The zero-order valence-electron chi connectivity index (χ0n) is 19.0. The van der Waals surface area contributed by atoms with Crippen LogP contribution in [0.5, 0.6) is 0 Å². The molecule has 0 spiro atoms. The molecule has 1 aromatic carbocycles. The van der Waals surface area contributed by atoms with Crippen molar-refractivity contribution < 1.29 is 4.39 Å².